The standard InChI is InChI=1S/C17H24N4O3S.ClH/c1-13(18)14-6-5-9-20(11-14)25(22,23)15-10-19-21(12-15)16-7-3-4-8-17(16)24-2;/h3-4,7-8,10,12-14H,5-6,9,11,18H2,1-2H3;1H. The number of para-hydroxylation sites is 2. The van der Waals surface area contributed by atoms with Gasteiger partial charge in [0.05, 0.1) is 19.5 Å². The van der Waals surface area contributed by atoms with Crippen molar-refractivity contribution in [2.75, 3.05) is 20.2 Å². The average molecular weight is 401 g/mol. The van der Waals surface area contributed by atoms with Gasteiger partial charge in [0.1, 0.15) is 16.3 Å². The molecule has 144 valence electrons. The predicted molar refractivity (Wildman–Crippen MR) is 102 cm³/mol. The van der Waals surface area contributed by atoms with Crippen LogP contribution in [0.5, 0.6) is 5.75 Å². The van der Waals surface area contributed by atoms with Gasteiger partial charge in [-0.3, -0.25) is 0 Å². The molecule has 2 atom stereocenters. The summed E-state index contributed by atoms with van der Waals surface area (Å²) in [7, 11) is -2.01. The molecule has 0 saturated carbocycles. The van der Waals surface area contributed by atoms with E-state index < -0.39 is 10.0 Å². The second-order valence-electron chi connectivity index (χ2n) is 6.42. The SMILES string of the molecule is COc1ccccc1-n1cc(S(=O)(=O)N2CCCC(C(C)N)C2)cn1.Cl. The fraction of sp³-hybridized carbons (Fsp3) is 0.471. The molecule has 0 aliphatic carbocycles. The normalized spacial score (nSPS) is 19.6. The number of hydrogen-bond acceptors (Lipinski definition) is 5. The van der Waals surface area contributed by atoms with Gasteiger partial charge in [-0.25, -0.2) is 13.1 Å². The van der Waals surface area contributed by atoms with Gasteiger partial charge in [0.25, 0.3) is 0 Å². The second kappa shape index (κ2) is 8.39. The number of benzene rings is 1. The first-order valence-electron chi connectivity index (χ1n) is 8.37. The van der Waals surface area contributed by atoms with Gasteiger partial charge in [-0.15, -0.1) is 12.4 Å². The van der Waals surface area contributed by atoms with Gasteiger partial charge in [0, 0.05) is 19.1 Å². The van der Waals surface area contributed by atoms with Crippen LogP contribution in [0.2, 0.25) is 0 Å². The van der Waals surface area contributed by atoms with Gasteiger partial charge in [0.2, 0.25) is 10.0 Å². The molecular weight excluding hydrogens is 376 g/mol. The lowest BCUT2D eigenvalue weighted by molar-refractivity contribution is 0.243. The maximum absolute atomic E-state index is 13.0. The summed E-state index contributed by atoms with van der Waals surface area (Å²) < 4.78 is 34.3. The topological polar surface area (TPSA) is 90.5 Å². The van der Waals surface area contributed by atoms with Crippen LogP contribution in [-0.2, 0) is 10.0 Å². The summed E-state index contributed by atoms with van der Waals surface area (Å²) in [5, 5.41) is 4.22. The molecular formula is C17H25ClN4O3S. The molecule has 26 heavy (non-hydrogen) atoms. The number of ether oxygens (including phenoxy) is 1. The van der Waals surface area contributed by atoms with Gasteiger partial charge >= 0.3 is 0 Å². The van der Waals surface area contributed by atoms with E-state index in [0.717, 1.165) is 12.8 Å². The van der Waals surface area contributed by atoms with Crippen molar-refractivity contribution in [3.05, 3.63) is 36.7 Å². The highest BCUT2D eigenvalue weighted by Crippen LogP contribution is 2.27. The number of halogens is 1. The average Bonchev–Trinajstić information content (AvgIpc) is 3.12. The van der Waals surface area contributed by atoms with Crippen LogP contribution >= 0.6 is 12.4 Å². The lowest BCUT2D eigenvalue weighted by Gasteiger charge is -2.33. The highest BCUT2D eigenvalue weighted by Gasteiger charge is 2.32. The molecule has 1 aliphatic rings. The van der Waals surface area contributed by atoms with Crippen LogP contribution in [0, 0.1) is 5.92 Å². The zero-order chi connectivity index (χ0) is 18.0. The Morgan fingerprint density at radius 3 is 2.77 bits per heavy atom. The number of nitrogens with two attached hydrogens (primary N) is 1. The third kappa shape index (κ3) is 4.03. The fourth-order valence-electron chi connectivity index (χ4n) is 3.16. The van der Waals surface area contributed by atoms with Gasteiger partial charge < -0.3 is 10.5 Å². The van der Waals surface area contributed by atoms with Crippen LogP contribution in [-0.4, -0.2) is 48.7 Å². The first-order chi connectivity index (χ1) is 11.9. The largest absolute Gasteiger partial charge is 0.494 e. The number of methoxy groups -OCH3 is 1. The molecule has 3 rings (SSSR count). The lowest BCUT2D eigenvalue weighted by Crippen LogP contribution is -2.44. The smallest absolute Gasteiger partial charge is 0.246 e. The first kappa shape index (κ1) is 20.7. The Labute approximate surface area is 160 Å². The maximum Gasteiger partial charge on any atom is 0.246 e. The van der Waals surface area contributed by atoms with Gasteiger partial charge in [-0.05, 0) is 37.8 Å². The molecule has 1 aromatic heterocycles. The molecule has 2 aromatic rings. The van der Waals surface area contributed by atoms with Crippen molar-refractivity contribution in [3.8, 4) is 11.4 Å². The van der Waals surface area contributed by atoms with Crippen molar-refractivity contribution in [1.82, 2.24) is 14.1 Å². The van der Waals surface area contributed by atoms with Gasteiger partial charge in [0.15, 0.2) is 0 Å². The molecule has 2 heterocycles. The van der Waals surface area contributed by atoms with Crippen molar-refractivity contribution in [2.45, 2.75) is 30.7 Å². The van der Waals surface area contributed by atoms with Gasteiger partial charge in [-0.1, -0.05) is 12.1 Å². The van der Waals surface area contributed by atoms with E-state index >= 15 is 0 Å². The zero-order valence-corrected chi connectivity index (χ0v) is 16.5. The second-order valence-corrected chi connectivity index (χ2v) is 8.35. The Hall–Kier alpha value is -1.61. The molecule has 1 saturated heterocycles. The van der Waals surface area contributed by atoms with Crippen molar-refractivity contribution in [3.63, 3.8) is 0 Å². The Bertz CT molecular complexity index is 838. The number of piperidine rings is 1. The van der Waals surface area contributed by atoms with E-state index in [0.29, 0.717) is 24.5 Å². The number of rotatable bonds is 5. The zero-order valence-electron chi connectivity index (χ0n) is 14.9. The van der Waals surface area contributed by atoms with Crippen molar-refractivity contribution >= 4 is 22.4 Å². The minimum absolute atomic E-state index is 0. The van der Waals surface area contributed by atoms with E-state index in [9.17, 15) is 8.42 Å². The van der Waals surface area contributed by atoms with Gasteiger partial charge in [-0.2, -0.15) is 9.40 Å². The van der Waals surface area contributed by atoms with Crippen LogP contribution in [0.1, 0.15) is 19.8 Å². The third-order valence-corrected chi connectivity index (χ3v) is 6.51. The Kier molecular flexibility index (Phi) is 6.68. The molecule has 1 aliphatic heterocycles. The number of aromatic nitrogens is 2. The van der Waals surface area contributed by atoms with Crippen LogP contribution in [0.4, 0.5) is 0 Å². The van der Waals surface area contributed by atoms with Crippen LogP contribution < -0.4 is 10.5 Å². The lowest BCUT2D eigenvalue weighted by atomic mass is 9.93. The minimum Gasteiger partial charge on any atom is -0.494 e. The number of hydrogen-bond donors (Lipinski definition) is 1. The molecule has 0 radical (unpaired) electrons. The van der Waals surface area contributed by atoms with Crippen LogP contribution in [0.15, 0.2) is 41.6 Å². The van der Waals surface area contributed by atoms with E-state index in [1.807, 2.05) is 31.2 Å². The summed E-state index contributed by atoms with van der Waals surface area (Å²) in [6, 6.07) is 7.32. The summed E-state index contributed by atoms with van der Waals surface area (Å²) in [6.07, 6.45) is 4.70. The molecule has 9 heteroatoms. The summed E-state index contributed by atoms with van der Waals surface area (Å²) >= 11 is 0. The molecule has 1 fully saturated rings. The first-order valence-corrected chi connectivity index (χ1v) is 9.81. The van der Waals surface area contributed by atoms with Crippen molar-refractivity contribution in [2.24, 2.45) is 11.7 Å². The molecule has 0 amide bonds. The van der Waals surface area contributed by atoms with E-state index in [4.69, 9.17) is 10.5 Å². The van der Waals surface area contributed by atoms with E-state index in [2.05, 4.69) is 5.10 Å². The third-order valence-electron chi connectivity index (χ3n) is 4.69. The fourth-order valence-corrected chi connectivity index (χ4v) is 4.63. The Balaban J connectivity index is 0.00000243. The van der Waals surface area contributed by atoms with E-state index in [1.165, 1.54) is 21.4 Å². The monoisotopic (exact) mass is 400 g/mol. The Morgan fingerprint density at radius 1 is 1.35 bits per heavy atom. The number of nitrogens with zero attached hydrogens (tertiary/aromatic N) is 3. The Morgan fingerprint density at radius 2 is 2.08 bits per heavy atom. The molecule has 1 aromatic carbocycles. The molecule has 2 N–H and O–H groups in total. The van der Waals surface area contributed by atoms with Crippen molar-refractivity contribution in [1.29, 1.82) is 0 Å². The predicted octanol–water partition coefficient (Wildman–Crippen LogP) is 2.05. The van der Waals surface area contributed by atoms with Crippen molar-refractivity contribution < 1.29 is 13.2 Å². The van der Waals surface area contributed by atoms with E-state index in [1.54, 1.807) is 7.11 Å². The summed E-state index contributed by atoms with van der Waals surface area (Å²) in [5.41, 5.74) is 6.66. The van der Waals surface area contributed by atoms with Crippen LogP contribution in [0.25, 0.3) is 5.69 Å². The molecule has 0 spiro atoms. The molecule has 7 nitrogen and oxygen atoms in total. The highest BCUT2D eigenvalue weighted by atomic mass is 35.5. The molecule has 0 bridgehead atoms. The minimum atomic E-state index is -3.58. The summed E-state index contributed by atoms with van der Waals surface area (Å²) in [6.45, 7) is 2.91. The summed E-state index contributed by atoms with van der Waals surface area (Å²) in [4.78, 5) is 0.184. The van der Waals surface area contributed by atoms with Crippen LogP contribution in [0.3, 0.4) is 0 Å². The maximum atomic E-state index is 13.0. The highest BCUT2D eigenvalue weighted by molar-refractivity contribution is 7.89. The van der Waals surface area contributed by atoms with E-state index in [-0.39, 0.29) is 29.3 Å². The number of sulfonamides is 1. The molecule has 2 unspecified atom stereocenters. The quantitative estimate of drug-likeness (QED) is 0.829. The summed E-state index contributed by atoms with van der Waals surface area (Å²) in [5.74, 6) is 0.817.